The highest BCUT2D eigenvalue weighted by molar-refractivity contribution is 5.76. The van der Waals surface area contributed by atoms with Crippen LogP contribution in [0.4, 0.5) is 0 Å². The third-order valence-corrected chi connectivity index (χ3v) is 2.50. The van der Waals surface area contributed by atoms with Gasteiger partial charge in [0.1, 0.15) is 5.82 Å². The van der Waals surface area contributed by atoms with Crippen LogP contribution in [0, 0.1) is 0 Å². The number of imidazole rings is 1. The highest BCUT2D eigenvalue weighted by atomic mass is 15.1. The molecule has 0 unspecified atom stereocenters. The van der Waals surface area contributed by atoms with E-state index in [0.717, 1.165) is 11.9 Å². The largest absolute Gasteiger partial charge is 0.325 e. The van der Waals surface area contributed by atoms with Crippen molar-refractivity contribution >= 4 is 11.0 Å². The van der Waals surface area contributed by atoms with Crippen molar-refractivity contribution in [3.8, 4) is 0 Å². The van der Waals surface area contributed by atoms with Crippen molar-refractivity contribution in [2.75, 3.05) is 0 Å². The standard InChI is InChI=1S/C12H16N2/c1-4-12-13-10-7-5-6-8-11(10)14(12)9(2)3/h5-9H,4H2,1-3H3. The molecule has 0 atom stereocenters. The van der Waals surface area contributed by atoms with Gasteiger partial charge >= 0.3 is 0 Å². The maximum absolute atomic E-state index is 4.62. The van der Waals surface area contributed by atoms with Gasteiger partial charge in [0.05, 0.1) is 11.0 Å². The topological polar surface area (TPSA) is 17.8 Å². The van der Waals surface area contributed by atoms with Crippen LogP contribution in [0.3, 0.4) is 0 Å². The van der Waals surface area contributed by atoms with Gasteiger partial charge in [-0.2, -0.15) is 0 Å². The van der Waals surface area contributed by atoms with Gasteiger partial charge in [0, 0.05) is 12.5 Å². The molecule has 0 aliphatic heterocycles. The molecule has 0 fully saturated rings. The molecule has 2 nitrogen and oxygen atoms in total. The average molecular weight is 188 g/mol. The van der Waals surface area contributed by atoms with Crippen LogP contribution >= 0.6 is 0 Å². The zero-order valence-electron chi connectivity index (χ0n) is 8.99. The summed E-state index contributed by atoms with van der Waals surface area (Å²) < 4.78 is 2.31. The summed E-state index contributed by atoms with van der Waals surface area (Å²) in [5, 5.41) is 0. The third kappa shape index (κ3) is 1.31. The van der Waals surface area contributed by atoms with Crippen LogP contribution in [0.1, 0.15) is 32.6 Å². The summed E-state index contributed by atoms with van der Waals surface area (Å²) in [4.78, 5) is 4.62. The maximum atomic E-state index is 4.62. The van der Waals surface area contributed by atoms with Crippen LogP contribution < -0.4 is 0 Å². The number of para-hydroxylation sites is 2. The summed E-state index contributed by atoms with van der Waals surface area (Å²) in [6, 6.07) is 8.81. The number of hydrogen-bond donors (Lipinski definition) is 0. The molecule has 1 aromatic heterocycles. The smallest absolute Gasteiger partial charge is 0.109 e. The van der Waals surface area contributed by atoms with Gasteiger partial charge in [0.2, 0.25) is 0 Å². The van der Waals surface area contributed by atoms with Crippen molar-refractivity contribution in [3.05, 3.63) is 30.1 Å². The first kappa shape index (κ1) is 9.25. The highest BCUT2D eigenvalue weighted by Crippen LogP contribution is 2.20. The zero-order chi connectivity index (χ0) is 10.1. The molecule has 0 spiro atoms. The van der Waals surface area contributed by atoms with Crippen LogP contribution in [-0.2, 0) is 6.42 Å². The number of benzene rings is 1. The van der Waals surface area contributed by atoms with Gasteiger partial charge in [0.15, 0.2) is 0 Å². The normalized spacial score (nSPS) is 11.4. The van der Waals surface area contributed by atoms with Crippen molar-refractivity contribution in [2.24, 2.45) is 0 Å². The second-order valence-corrected chi connectivity index (χ2v) is 3.83. The minimum atomic E-state index is 0.484. The minimum Gasteiger partial charge on any atom is -0.325 e. The van der Waals surface area contributed by atoms with Gasteiger partial charge in [-0.05, 0) is 26.0 Å². The van der Waals surface area contributed by atoms with Crippen LogP contribution in [-0.4, -0.2) is 9.55 Å². The molecule has 74 valence electrons. The summed E-state index contributed by atoms with van der Waals surface area (Å²) >= 11 is 0. The molecule has 2 rings (SSSR count). The first-order valence-electron chi connectivity index (χ1n) is 5.20. The van der Waals surface area contributed by atoms with Crippen LogP contribution in [0.2, 0.25) is 0 Å². The number of nitrogens with zero attached hydrogens (tertiary/aromatic N) is 2. The van der Waals surface area contributed by atoms with Crippen molar-refractivity contribution in [1.29, 1.82) is 0 Å². The molecular weight excluding hydrogens is 172 g/mol. The van der Waals surface area contributed by atoms with Crippen LogP contribution in [0.5, 0.6) is 0 Å². The lowest BCUT2D eigenvalue weighted by Crippen LogP contribution is -2.04. The molecular formula is C12H16N2. The first-order valence-corrected chi connectivity index (χ1v) is 5.20. The molecule has 0 amide bonds. The Morgan fingerprint density at radius 3 is 2.64 bits per heavy atom. The van der Waals surface area contributed by atoms with E-state index in [1.54, 1.807) is 0 Å². The number of hydrogen-bond acceptors (Lipinski definition) is 1. The molecule has 0 N–H and O–H groups in total. The number of aromatic nitrogens is 2. The summed E-state index contributed by atoms with van der Waals surface area (Å²) in [5.41, 5.74) is 2.36. The van der Waals surface area contributed by atoms with Gasteiger partial charge in [-0.3, -0.25) is 0 Å². The van der Waals surface area contributed by atoms with Crippen molar-refractivity contribution < 1.29 is 0 Å². The Hall–Kier alpha value is -1.31. The fourth-order valence-corrected chi connectivity index (χ4v) is 1.92. The lowest BCUT2D eigenvalue weighted by atomic mass is 10.3. The fraction of sp³-hybridized carbons (Fsp3) is 0.417. The molecule has 0 radical (unpaired) electrons. The number of aryl methyl sites for hydroxylation is 1. The Balaban J connectivity index is 2.74. The molecule has 2 heteroatoms. The van der Waals surface area contributed by atoms with Crippen LogP contribution in [0.25, 0.3) is 11.0 Å². The zero-order valence-corrected chi connectivity index (χ0v) is 8.99. The predicted molar refractivity (Wildman–Crippen MR) is 59.5 cm³/mol. The van der Waals surface area contributed by atoms with E-state index in [-0.39, 0.29) is 0 Å². The number of rotatable bonds is 2. The van der Waals surface area contributed by atoms with Crippen molar-refractivity contribution in [2.45, 2.75) is 33.2 Å². The molecule has 0 aliphatic carbocycles. The predicted octanol–water partition coefficient (Wildman–Crippen LogP) is 3.18. The summed E-state index contributed by atoms with van der Waals surface area (Å²) in [5.74, 6) is 1.18. The van der Waals surface area contributed by atoms with Gasteiger partial charge < -0.3 is 4.57 Å². The van der Waals surface area contributed by atoms with Gasteiger partial charge in [-0.1, -0.05) is 19.1 Å². The van der Waals surface area contributed by atoms with Gasteiger partial charge in [-0.25, -0.2) is 4.98 Å². The highest BCUT2D eigenvalue weighted by Gasteiger charge is 2.10. The lowest BCUT2D eigenvalue weighted by Gasteiger charge is -2.11. The summed E-state index contributed by atoms with van der Waals surface area (Å²) in [6.45, 7) is 6.56. The Kier molecular flexibility index (Phi) is 2.28. The Morgan fingerprint density at radius 2 is 2.00 bits per heavy atom. The van der Waals surface area contributed by atoms with Crippen molar-refractivity contribution in [3.63, 3.8) is 0 Å². The molecule has 2 aromatic rings. The quantitative estimate of drug-likeness (QED) is 0.707. The minimum absolute atomic E-state index is 0.484. The van der Waals surface area contributed by atoms with E-state index in [1.807, 2.05) is 6.07 Å². The monoisotopic (exact) mass is 188 g/mol. The van der Waals surface area contributed by atoms with E-state index in [0.29, 0.717) is 6.04 Å². The van der Waals surface area contributed by atoms with Crippen LogP contribution in [0.15, 0.2) is 24.3 Å². The van der Waals surface area contributed by atoms with Gasteiger partial charge in [-0.15, -0.1) is 0 Å². The summed E-state index contributed by atoms with van der Waals surface area (Å²) in [7, 11) is 0. The molecule has 0 aliphatic rings. The molecule has 0 bridgehead atoms. The van der Waals surface area contributed by atoms with E-state index in [4.69, 9.17) is 0 Å². The maximum Gasteiger partial charge on any atom is 0.109 e. The Labute approximate surface area is 84.6 Å². The molecule has 1 heterocycles. The van der Waals surface area contributed by atoms with Crippen molar-refractivity contribution in [1.82, 2.24) is 9.55 Å². The van der Waals surface area contributed by atoms with E-state index in [2.05, 4.69) is 48.5 Å². The molecule has 14 heavy (non-hydrogen) atoms. The molecule has 1 aromatic carbocycles. The molecule has 0 saturated carbocycles. The lowest BCUT2D eigenvalue weighted by molar-refractivity contribution is 0.588. The molecule has 0 saturated heterocycles. The second kappa shape index (κ2) is 3.45. The SMILES string of the molecule is CCc1nc2ccccc2n1C(C)C. The first-order chi connectivity index (χ1) is 6.74. The fourth-order valence-electron chi connectivity index (χ4n) is 1.92. The van der Waals surface area contributed by atoms with Gasteiger partial charge in [0.25, 0.3) is 0 Å². The number of fused-ring (bicyclic) bond motifs is 1. The van der Waals surface area contributed by atoms with E-state index in [1.165, 1.54) is 11.3 Å². The second-order valence-electron chi connectivity index (χ2n) is 3.83. The Bertz CT molecular complexity index is 441. The Morgan fingerprint density at radius 1 is 1.29 bits per heavy atom. The van der Waals surface area contributed by atoms with E-state index < -0.39 is 0 Å². The average Bonchev–Trinajstić information content (AvgIpc) is 2.55. The van der Waals surface area contributed by atoms with E-state index >= 15 is 0 Å². The van der Waals surface area contributed by atoms with E-state index in [9.17, 15) is 0 Å². The third-order valence-electron chi connectivity index (χ3n) is 2.50. The summed E-state index contributed by atoms with van der Waals surface area (Å²) in [6.07, 6.45) is 0.993.